The highest BCUT2D eigenvalue weighted by Crippen LogP contribution is 2.26. The van der Waals surface area contributed by atoms with Gasteiger partial charge < -0.3 is 10.0 Å². The van der Waals surface area contributed by atoms with E-state index in [2.05, 4.69) is 4.98 Å². The number of anilines is 1. The number of carboxylic acids is 1. The molecule has 0 spiro atoms. The summed E-state index contributed by atoms with van der Waals surface area (Å²) in [4.78, 5) is 17.4. The van der Waals surface area contributed by atoms with E-state index in [1.165, 1.54) is 0 Å². The molecule has 1 heterocycles. The molecule has 20 heavy (non-hydrogen) atoms. The SMILES string of the molecule is CN(CCc1ccccn1)c1cccc(Cl)c1C(=O)O. The Morgan fingerprint density at radius 2 is 2.10 bits per heavy atom. The second-order valence-electron chi connectivity index (χ2n) is 4.43. The lowest BCUT2D eigenvalue weighted by Gasteiger charge is -2.21. The Morgan fingerprint density at radius 3 is 2.75 bits per heavy atom. The van der Waals surface area contributed by atoms with Crippen molar-refractivity contribution in [3.05, 3.63) is 58.9 Å². The number of aromatic carboxylic acids is 1. The third kappa shape index (κ3) is 3.27. The first-order valence-corrected chi connectivity index (χ1v) is 6.60. The van der Waals surface area contributed by atoms with Gasteiger partial charge in [-0.05, 0) is 24.3 Å². The van der Waals surface area contributed by atoms with Gasteiger partial charge in [0, 0.05) is 31.9 Å². The van der Waals surface area contributed by atoms with Gasteiger partial charge in [0.1, 0.15) is 5.56 Å². The number of nitrogens with zero attached hydrogens (tertiary/aromatic N) is 2. The van der Waals surface area contributed by atoms with Gasteiger partial charge in [0.25, 0.3) is 0 Å². The van der Waals surface area contributed by atoms with Gasteiger partial charge in [0.15, 0.2) is 0 Å². The number of carbonyl (C=O) groups is 1. The zero-order valence-electron chi connectivity index (χ0n) is 11.1. The van der Waals surface area contributed by atoms with E-state index >= 15 is 0 Å². The lowest BCUT2D eigenvalue weighted by atomic mass is 10.1. The van der Waals surface area contributed by atoms with Gasteiger partial charge in [0.05, 0.1) is 10.7 Å². The van der Waals surface area contributed by atoms with Crippen LogP contribution in [0.4, 0.5) is 5.69 Å². The van der Waals surface area contributed by atoms with Crippen molar-refractivity contribution in [2.45, 2.75) is 6.42 Å². The van der Waals surface area contributed by atoms with Crippen LogP contribution in [-0.2, 0) is 6.42 Å². The maximum atomic E-state index is 11.3. The number of benzene rings is 1. The topological polar surface area (TPSA) is 53.4 Å². The van der Waals surface area contributed by atoms with Gasteiger partial charge in [-0.3, -0.25) is 4.98 Å². The molecule has 5 heteroatoms. The molecule has 0 unspecified atom stereocenters. The highest BCUT2D eigenvalue weighted by Gasteiger charge is 2.16. The van der Waals surface area contributed by atoms with Crippen LogP contribution < -0.4 is 4.90 Å². The van der Waals surface area contributed by atoms with Gasteiger partial charge in [-0.25, -0.2) is 4.79 Å². The lowest BCUT2D eigenvalue weighted by Crippen LogP contribution is -2.23. The summed E-state index contributed by atoms with van der Waals surface area (Å²) < 4.78 is 0. The molecule has 0 amide bonds. The first-order valence-electron chi connectivity index (χ1n) is 6.22. The van der Waals surface area contributed by atoms with Crippen molar-refractivity contribution in [2.24, 2.45) is 0 Å². The number of likely N-dealkylation sites (N-methyl/N-ethyl adjacent to an activating group) is 1. The molecular weight excluding hydrogens is 276 g/mol. The van der Waals surface area contributed by atoms with Crippen molar-refractivity contribution in [2.75, 3.05) is 18.5 Å². The van der Waals surface area contributed by atoms with E-state index < -0.39 is 5.97 Å². The van der Waals surface area contributed by atoms with E-state index in [1.54, 1.807) is 24.4 Å². The average Bonchev–Trinajstić information content (AvgIpc) is 2.45. The molecule has 0 saturated carbocycles. The Kier molecular flexibility index (Phi) is 4.58. The van der Waals surface area contributed by atoms with Crippen LogP contribution in [0.25, 0.3) is 0 Å². The largest absolute Gasteiger partial charge is 0.478 e. The molecule has 1 N–H and O–H groups in total. The molecule has 0 aliphatic heterocycles. The minimum absolute atomic E-state index is 0.137. The maximum absolute atomic E-state index is 11.3. The number of carboxylic acid groups (broad SMARTS) is 1. The zero-order valence-corrected chi connectivity index (χ0v) is 11.8. The Morgan fingerprint density at radius 1 is 1.30 bits per heavy atom. The average molecular weight is 291 g/mol. The summed E-state index contributed by atoms with van der Waals surface area (Å²) in [7, 11) is 1.85. The molecule has 1 aromatic carbocycles. The monoisotopic (exact) mass is 290 g/mol. The first-order chi connectivity index (χ1) is 9.59. The van der Waals surface area contributed by atoms with E-state index in [-0.39, 0.29) is 10.6 Å². The fourth-order valence-electron chi connectivity index (χ4n) is 1.99. The summed E-state index contributed by atoms with van der Waals surface area (Å²) in [6, 6.07) is 10.8. The molecule has 0 radical (unpaired) electrons. The molecule has 2 aromatic rings. The number of aromatic nitrogens is 1. The number of rotatable bonds is 5. The Labute approximate surface area is 122 Å². The lowest BCUT2D eigenvalue weighted by molar-refractivity contribution is 0.0698. The summed E-state index contributed by atoms with van der Waals surface area (Å²) in [5.41, 5.74) is 1.72. The fraction of sp³-hybridized carbons (Fsp3) is 0.200. The summed E-state index contributed by atoms with van der Waals surface area (Å²) in [6.45, 7) is 0.664. The minimum Gasteiger partial charge on any atom is -0.478 e. The van der Waals surface area contributed by atoms with Crippen LogP contribution in [0.15, 0.2) is 42.6 Å². The van der Waals surface area contributed by atoms with Crippen molar-refractivity contribution in [1.82, 2.24) is 4.98 Å². The van der Waals surface area contributed by atoms with Gasteiger partial charge in [-0.1, -0.05) is 23.7 Å². The predicted molar refractivity (Wildman–Crippen MR) is 79.6 cm³/mol. The number of halogens is 1. The Bertz CT molecular complexity index is 602. The van der Waals surface area contributed by atoms with Gasteiger partial charge in [-0.15, -0.1) is 0 Å². The van der Waals surface area contributed by atoms with Crippen LogP contribution in [0.1, 0.15) is 16.1 Å². The second kappa shape index (κ2) is 6.39. The summed E-state index contributed by atoms with van der Waals surface area (Å²) in [6.07, 6.45) is 2.49. The molecule has 0 fully saturated rings. The van der Waals surface area contributed by atoms with Crippen molar-refractivity contribution >= 4 is 23.3 Å². The van der Waals surface area contributed by atoms with Crippen LogP contribution >= 0.6 is 11.6 Å². The molecule has 104 valence electrons. The Hall–Kier alpha value is -2.07. The number of hydrogen-bond acceptors (Lipinski definition) is 3. The van der Waals surface area contributed by atoms with Crippen LogP contribution in [0.2, 0.25) is 5.02 Å². The van der Waals surface area contributed by atoms with Gasteiger partial charge in [0.2, 0.25) is 0 Å². The first kappa shape index (κ1) is 14.3. The predicted octanol–water partition coefficient (Wildman–Crippen LogP) is 3.11. The van der Waals surface area contributed by atoms with Crippen LogP contribution in [0.3, 0.4) is 0 Å². The van der Waals surface area contributed by atoms with E-state index in [0.717, 1.165) is 12.1 Å². The fourth-order valence-corrected chi connectivity index (χ4v) is 2.24. The highest BCUT2D eigenvalue weighted by molar-refractivity contribution is 6.34. The normalized spacial score (nSPS) is 10.3. The van der Waals surface area contributed by atoms with Crippen molar-refractivity contribution in [3.8, 4) is 0 Å². The maximum Gasteiger partial charge on any atom is 0.339 e. The van der Waals surface area contributed by atoms with Crippen LogP contribution in [-0.4, -0.2) is 29.7 Å². The second-order valence-corrected chi connectivity index (χ2v) is 4.84. The molecule has 2 rings (SSSR count). The van der Waals surface area contributed by atoms with Gasteiger partial charge >= 0.3 is 5.97 Å². The molecule has 4 nitrogen and oxygen atoms in total. The van der Waals surface area contributed by atoms with E-state index in [9.17, 15) is 9.90 Å². The van der Waals surface area contributed by atoms with Crippen molar-refractivity contribution in [3.63, 3.8) is 0 Å². The number of pyridine rings is 1. The van der Waals surface area contributed by atoms with Crippen molar-refractivity contribution in [1.29, 1.82) is 0 Å². The van der Waals surface area contributed by atoms with E-state index in [0.29, 0.717) is 12.2 Å². The molecule has 1 aromatic heterocycles. The van der Waals surface area contributed by atoms with Crippen LogP contribution in [0, 0.1) is 0 Å². The molecule has 0 saturated heterocycles. The highest BCUT2D eigenvalue weighted by atomic mass is 35.5. The minimum atomic E-state index is -1.02. The van der Waals surface area contributed by atoms with Gasteiger partial charge in [-0.2, -0.15) is 0 Å². The number of hydrogen-bond donors (Lipinski definition) is 1. The third-order valence-corrected chi connectivity index (χ3v) is 3.36. The summed E-state index contributed by atoms with van der Waals surface area (Å²) >= 11 is 5.97. The Balaban J connectivity index is 2.15. The van der Waals surface area contributed by atoms with E-state index in [4.69, 9.17) is 11.6 Å². The molecule has 0 aliphatic carbocycles. The molecular formula is C15H15ClN2O2. The zero-order chi connectivity index (χ0) is 14.5. The summed E-state index contributed by atoms with van der Waals surface area (Å²) in [5, 5.41) is 9.51. The van der Waals surface area contributed by atoms with Crippen LogP contribution in [0.5, 0.6) is 0 Å². The molecule has 0 aliphatic rings. The summed E-state index contributed by atoms with van der Waals surface area (Å²) in [5.74, 6) is -1.02. The van der Waals surface area contributed by atoms with E-state index in [1.807, 2.05) is 30.1 Å². The third-order valence-electron chi connectivity index (χ3n) is 3.05. The molecule has 0 atom stereocenters. The standard InChI is InChI=1S/C15H15ClN2O2/c1-18(10-8-11-5-2-3-9-17-11)13-7-4-6-12(16)14(13)15(19)20/h2-7,9H,8,10H2,1H3,(H,19,20). The quantitative estimate of drug-likeness (QED) is 0.919. The molecule has 0 bridgehead atoms. The smallest absolute Gasteiger partial charge is 0.339 e. The van der Waals surface area contributed by atoms with Crippen molar-refractivity contribution < 1.29 is 9.90 Å².